The van der Waals surface area contributed by atoms with Gasteiger partial charge in [-0.3, -0.25) is 0 Å². The number of aromatic nitrogens is 2. The summed E-state index contributed by atoms with van der Waals surface area (Å²) in [5.41, 5.74) is 5.93. The second kappa shape index (κ2) is 10.4. The van der Waals surface area contributed by atoms with E-state index in [1.807, 2.05) is 20.8 Å². The molecule has 0 spiro atoms. The largest absolute Gasteiger partial charge is 0.464 e. The van der Waals surface area contributed by atoms with Crippen LogP contribution in [0.4, 0.5) is 25.2 Å². The van der Waals surface area contributed by atoms with Gasteiger partial charge in [0.15, 0.2) is 5.82 Å². The molecule has 0 saturated carbocycles. The summed E-state index contributed by atoms with van der Waals surface area (Å²) in [6.45, 7) is 5.47. The van der Waals surface area contributed by atoms with Gasteiger partial charge < -0.3 is 15.6 Å². The number of nitrogen functional groups attached to an aromatic ring is 1. The normalized spacial score (nSPS) is 11.8. The van der Waals surface area contributed by atoms with Gasteiger partial charge in [-0.2, -0.15) is 0 Å². The maximum absolute atomic E-state index is 15.3. The third-order valence-electron chi connectivity index (χ3n) is 5.27. The number of ether oxygens (including phenoxy) is 1. The van der Waals surface area contributed by atoms with Gasteiger partial charge in [-0.15, -0.1) is 15.6 Å². The lowest BCUT2D eigenvalue weighted by molar-refractivity contribution is 0.206. The van der Waals surface area contributed by atoms with E-state index in [4.69, 9.17) is 22.1 Å². The Bertz CT molecular complexity index is 1690. The number of thiazole rings is 1. The maximum atomic E-state index is 15.3. The topological polar surface area (TPSA) is 136 Å². The van der Waals surface area contributed by atoms with Gasteiger partial charge in [0.1, 0.15) is 38.9 Å². The Kier molecular flexibility index (Phi) is 7.52. The van der Waals surface area contributed by atoms with E-state index in [0.717, 1.165) is 29.5 Å². The zero-order valence-corrected chi connectivity index (χ0v) is 23.0. The van der Waals surface area contributed by atoms with E-state index < -0.39 is 43.9 Å². The second-order valence-corrected chi connectivity index (χ2v) is 12.3. The molecule has 0 saturated heterocycles. The maximum Gasteiger partial charge on any atom is 0.427 e. The van der Waals surface area contributed by atoms with Crippen molar-refractivity contribution in [1.82, 2.24) is 9.97 Å². The highest BCUT2D eigenvalue weighted by molar-refractivity contribution is 7.93. The summed E-state index contributed by atoms with van der Waals surface area (Å²) in [6.07, 6.45) is -0.476. The number of pyridine rings is 1. The third-order valence-corrected chi connectivity index (χ3v) is 8.52. The number of hydrogen-bond acceptors (Lipinski definition) is 8. The number of carboxylic acid groups (broad SMARTS) is 1. The summed E-state index contributed by atoms with van der Waals surface area (Å²) in [6, 6.07) is 8.02. The first kappa shape index (κ1) is 28.2. The number of rotatable bonds is 6. The Morgan fingerprint density at radius 3 is 2.46 bits per heavy atom. The number of nitrogens with zero attached hydrogens (tertiary/aromatic N) is 3. The first-order chi connectivity index (χ1) is 18.2. The molecule has 3 N–H and O–H groups in total. The summed E-state index contributed by atoms with van der Waals surface area (Å²) in [4.78, 5) is 19.0. The van der Waals surface area contributed by atoms with Gasteiger partial charge in [0.2, 0.25) is 0 Å². The Hall–Kier alpha value is -3.81. The van der Waals surface area contributed by atoms with Crippen molar-refractivity contribution in [3.63, 3.8) is 0 Å². The quantitative estimate of drug-likeness (QED) is 0.252. The van der Waals surface area contributed by atoms with Crippen molar-refractivity contribution in [3.05, 3.63) is 75.7 Å². The van der Waals surface area contributed by atoms with E-state index >= 15 is 4.39 Å². The molecule has 0 radical (unpaired) electrons. The fraction of sp³-hybridized carbons (Fsp3) is 0.160. The first-order valence-corrected chi connectivity index (χ1v) is 13.8. The standard InChI is InChI=1S/C25H21ClF2N4O5S2/c1-25(2,3)23-31-22(12-38-23)32(24(33)34)39(35,36)20-10-16(26)19(11-17(20)28)37-18-5-4-14(27)9-15(18)13-6-7-30-21(29)8-13/h4-12H,1-3H3,(H2,29,30)(H,33,34). The van der Waals surface area contributed by atoms with Crippen LogP contribution in [-0.4, -0.2) is 29.6 Å². The number of nitrogens with two attached hydrogens (primary N) is 1. The number of hydrogen-bond donors (Lipinski definition) is 2. The molecule has 4 rings (SSSR count). The average molecular weight is 595 g/mol. The summed E-state index contributed by atoms with van der Waals surface area (Å²) in [7, 11) is -5.00. The van der Waals surface area contributed by atoms with Gasteiger partial charge in [0, 0.05) is 28.6 Å². The van der Waals surface area contributed by atoms with Crippen LogP contribution in [-0.2, 0) is 15.4 Å². The lowest BCUT2D eigenvalue weighted by Gasteiger charge is -2.19. The van der Waals surface area contributed by atoms with Gasteiger partial charge in [-0.05, 0) is 42.0 Å². The monoisotopic (exact) mass is 594 g/mol. The highest BCUT2D eigenvalue weighted by Crippen LogP contribution is 2.40. The lowest BCUT2D eigenvalue weighted by atomic mass is 9.98. The zero-order valence-electron chi connectivity index (χ0n) is 20.6. The van der Waals surface area contributed by atoms with Crippen LogP contribution in [0.25, 0.3) is 11.1 Å². The fourth-order valence-electron chi connectivity index (χ4n) is 3.46. The molecule has 0 bridgehead atoms. The van der Waals surface area contributed by atoms with Crippen molar-refractivity contribution in [1.29, 1.82) is 0 Å². The van der Waals surface area contributed by atoms with Crippen molar-refractivity contribution in [3.8, 4) is 22.6 Å². The molecule has 2 aromatic carbocycles. The minimum atomic E-state index is -5.00. The van der Waals surface area contributed by atoms with Crippen LogP contribution in [0, 0.1) is 11.6 Å². The lowest BCUT2D eigenvalue weighted by Crippen LogP contribution is -2.36. The van der Waals surface area contributed by atoms with Gasteiger partial charge in [0.05, 0.1) is 5.02 Å². The molecule has 39 heavy (non-hydrogen) atoms. The highest BCUT2D eigenvalue weighted by atomic mass is 35.5. The number of benzene rings is 2. The molecule has 14 heteroatoms. The first-order valence-electron chi connectivity index (χ1n) is 11.1. The third kappa shape index (κ3) is 5.79. The van der Waals surface area contributed by atoms with Crippen LogP contribution >= 0.6 is 22.9 Å². The number of sulfonamides is 1. The Labute approximate surface area is 231 Å². The highest BCUT2D eigenvalue weighted by Gasteiger charge is 2.36. The molecule has 204 valence electrons. The number of halogens is 3. The minimum Gasteiger partial charge on any atom is -0.464 e. The summed E-state index contributed by atoms with van der Waals surface area (Å²) < 4.78 is 61.6. The SMILES string of the molecule is CC(C)(C)c1nc(N(C(=O)O)S(=O)(=O)c2cc(Cl)c(Oc3ccc(F)cc3-c3ccnc(N)c3)cc2F)cs1. The number of carbonyl (C=O) groups is 1. The van der Waals surface area contributed by atoms with Crippen molar-refractivity contribution in [2.75, 3.05) is 10.0 Å². The van der Waals surface area contributed by atoms with Crippen molar-refractivity contribution in [2.45, 2.75) is 31.1 Å². The zero-order chi connectivity index (χ0) is 28.7. The number of amides is 1. The van der Waals surface area contributed by atoms with E-state index in [1.54, 1.807) is 6.07 Å². The second-order valence-electron chi connectivity index (χ2n) is 9.24. The van der Waals surface area contributed by atoms with Crippen molar-refractivity contribution < 1.29 is 31.8 Å². The molecule has 1 amide bonds. The summed E-state index contributed by atoms with van der Waals surface area (Å²) in [5.74, 6) is -2.39. The molecular formula is C25H21ClF2N4O5S2. The van der Waals surface area contributed by atoms with Gasteiger partial charge in [0.25, 0.3) is 10.0 Å². The fourth-order valence-corrected chi connectivity index (χ4v) is 5.99. The average Bonchev–Trinajstić information content (AvgIpc) is 3.31. The Balaban J connectivity index is 1.74. The van der Waals surface area contributed by atoms with E-state index in [-0.39, 0.29) is 32.2 Å². The van der Waals surface area contributed by atoms with Crippen molar-refractivity contribution >= 4 is 50.7 Å². The summed E-state index contributed by atoms with van der Waals surface area (Å²) in [5, 5.41) is 11.1. The van der Waals surface area contributed by atoms with Gasteiger partial charge in [-0.1, -0.05) is 32.4 Å². The molecular weight excluding hydrogens is 574 g/mol. The summed E-state index contributed by atoms with van der Waals surface area (Å²) >= 11 is 7.33. The van der Waals surface area contributed by atoms with Crippen LogP contribution in [0.5, 0.6) is 11.5 Å². The molecule has 0 fully saturated rings. The van der Waals surface area contributed by atoms with Crippen LogP contribution in [0.2, 0.25) is 5.02 Å². The van der Waals surface area contributed by atoms with E-state index in [0.29, 0.717) is 16.6 Å². The van der Waals surface area contributed by atoms with Gasteiger partial charge >= 0.3 is 6.09 Å². The molecule has 0 atom stereocenters. The number of anilines is 2. The predicted molar refractivity (Wildman–Crippen MR) is 144 cm³/mol. The molecule has 4 aromatic rings. The molecule has 0 aliphatic heterocycles. The van der Waals surface area contributed by atoms with E-state index in [9.17, 15) is 22.7 Å². The molecule has 2 aromatic heterocycles. The molecule has 9 nitrogen and oxygen atoms in total. The van der Waals surface area contributed by atoms with Crippen molar-refractivity contribution in [2.24, 2.45) is 0 Å². The van der Waals surface area contributed by atoms with Crippen LogP contribution < -0.4 is 14.8 Å². The van der Waals surface area contributed by atoms with Crippen LogP contribution in [0.15, 0.2) is 58.9 Å². The predicted octanol–water partition coefficient (Wildman–Crippen LogP) is 6.68. The van der Waals surface area contributed by atoms with Crippen LogP contribution in [0.3, 0.4) is 0 Å². The molecule has 0 unspecified atom stereocenters. The smallest absolute Gasteiger partial charge is 0.427 e. The Morgan fingerprint density at radius 2 is 1.85 bits per heavy atom. The molecule has 0 aliphatic rings. The van der Waals surface area contributed by atoms with Crippen LogP contribution in [0.1, 0.15) is 25.8 Å². The van der Waals surface area contributed by atoms with Gasteiger partial charge in [-0.25, -0.2) is 32.0 Å². The van der Waals surface area contributed by atoms with E-state index in [2.05, 4.69) is 9.97 Å². The molecule has 0 aliphatic carbocycles. The Morgan fingerprint density at radius 1 is 1.13 bits per heavy atom. The minimum absolute atomic E-state index is 0.0140. The molecule has 2 heterocycles. The van der Waals surface area contributed by atoms with E-state index in [1.165, 1.54) is 23.7 Å².